The molecule has 0 aromatic heterocycles. The lowest BCUT2D eigenvalue weighted by Gasteiger charge is -2.12. The molecule has 18 heavy (non-hydrogen) atoms. The van der Waals surface area contributed by atoms with Crippen molar-refractivity contribution in [3.63, 3.8) is 0 Å². The van der Waals surface area contributed by atoms with Gasteiger partial charge in [-0.05, 0) is 56.2 Å². The summed E-state index contributed by atoms with van der Waals surface area (Å²) in [4.78, 5) is 1.45. The minimum atomic E-state index is 0.251. The molecule has 2 heteroatoms. The van der Waals surface area contributed by atoms with E-state index in [1.165, 1.54) is 47.5 Å². The maximum absolute atomic E-state index is 5.85. The molecule has 1 saturated carbocycles. The molecule has 0 spiro atoms. The Hall–Kier alpha value is -0.470. The Kier molecular flexibility index (Phi) is 5.13. The fourth-order valence-electron chi connectivity index (χ4n) is 2.76. The highest BCUT2D eigenvalue weighted by atomic mass is 32.2. The van der Waals surface area contributed by atoms with Gasteiger partial charge >= 0.3 is 0 Å². The Morgan fingerprint density at radius 1 is 1.33 bits per heavy atom. The lowest BCUT2D eigenvalue weighted by molar-refractivity contribution is 0.623. The van der Waals surface area contributed by atoms with E-state index in [2.05, 4.69) is 32.0 Å². The van der Waals surface area contributed by atoms with Crippen molar-refractivity contribution >= 4 is 11.8 Å². The summed E-state index contributed by atoms with van der Waals surface area (Å²) in [6.07, 6.45) is 6.74. The maximum Gasteiger partial charge on any atom is 0.0101 e. The Morgan fingerprint density at radius 3 is 2.67 bits per heavy atom. The summed E-state index contributed by atoms with van der Waals surface area (Å²) in [5.74, 6) is 2.26. The SMILES string of the molecule is Cc1cc(CC(C)N)ccc1SCC1CCCC1. The summed E-state index contributed by atoms with van der Waals surface area (Å²) < 4.78 is 0. The first-order valence-electron chi connectivity index (χ1n) is 7.13. The van der Waals surface area contributed by atoms with Crippen LogP contribution < -0.4 is 5.73 Å². The molecular weight excluding hydrogens is 238 g/mol. The second kappa shape index (κ2) is 6.63. The van der Waals surface area contributed by atoms with Crippen LogP contribution in [0.4, 0.5) is 0 Å². The van der Waals surface area contributed by atoms with Crippen LogP contribution in [0.3, 0.4) is 0 Å². The fourth-order valence-corrected chi connectivity index (χ4v) is 3.96. The molecule has 1 unspecified atom stereocenters. The zero-order valence-corrected chi connectivity index (χ0v) is 12.4. The van der Waals surface area contributed by atoms with Crippen molar-refractivity contribution in [3.8, 4) is 0 Å². The van der Waals surface area contributed by atoms with Crippen molar-refractivity contribution in [2.75, 3.05) is 5.75 Å². The molecule has 2 N–H and O–H groups in total. The number of nitrogens with two attached hydrogens (primary N) is 1. The number of thioether (sulfide) groups is 1. The minimum Gasteiger partial charge on any atom is -0.328 e. The molecule has 1 aromatic rings. The van der Waals surface area contributed by atoms with Crippen LogP contribution in [0.1, 0.15) is 43.7 Å². The van der Waals surface area contributed by atoms with Crippen LogP contribution in [-0.2, 0) is 6.42 Å². The highest BCUT2D eigenvalue weighted by Gasteiger charge is 2.15. The van der Waals surface area contributed by atoms with Crippen LogP contribution in [0.2, 0.25) is 0 Å². The molecule has 100 valence electrons. The smallest absolute Gasteiger partial charge is 0.0101 e. The van der Waals surface area contributed by atoms with Gasteiger partial charge < -0.3 is 5.73 Å². The van der Waals surface area contributed by atoms with E-state index in [-0.39, 0.29) is 6.04 Å². The van der Waals surface area contributed by atoms with E-state index >= 15 is 0 Å². The first-order valence-corrected chi connectivity index (χ1v) is 8.11. The highest BCUT2D eigenvalue weighted by molar-refractivity contribution is 7.99. The van der Waals surface area contributed by atoms with Crippen molar-refractivity contribution in [2.45, 2.75) is 56.9 Å². The molecule has 0 saturated heterocycles. The van der Waals surface area contributed by atoms with E-state index in [1.807, 2.05) is 11.8 Å². The van der Waals surface area contributed by atoms with Gasteiger partial charge in [-0.3, -0.25) is 0 Å². The van der Waals surface area contributed by atoms with Crippen LogP contribution in [-0.4, -0.2) is 11.8 Å². The number of hydrogen-bond donors (Lipinski definition) is 1. The van der Waals surface area contributed by atoms with Gasteiger partial charge in [0, 0.05) is 16.7 Å². The van der Waals surface area contributed by atoms with E-state index in [4.69, 9.17) is 5.73 Å². The lowest BCUT2D eigenvalue weighted by atomic mass is 10.1. The molecule has 2 rings (SSSR count). The standard InChI is InChI=1S/C16H25NS/c1-12-9-15(10-13(2)17)7-8-16(12)18-11-14-5-3-4-6-14/h7-9,13-14H,3-6,10-11,17H2,1-2H3. The van der Waals surface area contributed by atoms with E-state index in [1.54, 1.807) is 0 Å². The average molecular weight is 263 g/mol. The van der Waals surface area contributed by atoms with Crippen molar-refractivity contribution in [1.29, 1.82) is 0 Å². The van der Waals surface area contributed by atoms with Gasteiger partial charge in [-0.15, -0.1) is 11.8 Å². The van der Waals surface area contributed by atoms with Crippen LogP contribution in [0, 0.1) is 12.8 Å². The number of rotatable bonds is 5. The third-order valence-electron chi connectivity index (χ3n) is 3.75. The van der Waals surface area contributed by atoms with Gasteiger partial charge in [-0.1, -0.05) is 25.0 Å². The van der Waals surface area contributed by atoms with Crippen LogP contribution >= 0.6 is 11.8 Å². The summed E-state index contributed by atoms with van der Waals surface area (Å²) in [6, 6.07) is 7.08. The summed E-state index contributed by atoms with van der Waals surface area (Å²) in [5, 5.41) is 0. The van der Waals surface area contributed by atoms with Crippen molar-refractivity contribution in [3.05, 3.63) is 29.3 Å². The van der Waals surface area contributed by atoms with Crippen LogP contribution in [0.15, 0.2) is 23.1 Å². The first kappa shape index (κ1) is 14.0. The average Bonchev–Trinajstić information content (AvgIpc) is 2.80. The Balaban J connectivity index is 1.92. The maximum atomic E-state index is 5.85. The molecular formula is C16H25NS. The third-order valence-corrected chi connectivity index (χ3v) is 5.15. The lowest BCUT2D eigenvalue weighted by Crippen LogP contribution is -2.17. The third kappa shape index (κ3) is 4.03. The second-order valence-corrected chi connectivity index (χ2v) is 6.80. The number of hydrogen-bond acceptors (Lipinski definition) is 2. The first-order chi connectivity index (χ1) is 8.65. The molecule has 1 aliphatic rings. The van der Waals surface area contributed by atoms with Crippen molar-refractivity contribution in [2.24, 2.45) is 11.7 Å². The number of aryl methyl sites for hydroxylation is 1. The van der Waals surface area contributed by atoms with Gasteiger partial charge in [0.1, 0.15) is 0 Å². The molecule has 0 radical (unpaired) electrons. The van der Waals surface area contributed by atoms with Gasteiger partial charge in [-0.25, -0.2) is 0 Å². The van der Waals surface area contributed by atoms with Crippen LogP contribution in [0.5, 0.6) is 0 Å². The second-order valence-electron chi connectivity index (χ2n) is 5.74. The molecule has 0 aliphatic heterocycles. The summed E-state index contributed by atoms with van der Waals surface area (Å²) in [7, 11) is 0. The highest BCUT2D eigenvalue weighted by Crippen LogP contribution is 2.32. The molecule has 1 atom stereocenters. The van der Waals surface area contributed by atoms with Crippen molar-refractivity contribution in [1.82, 2.24) is 0 Å². The molecule has 1 nitrogen and oxygen atoms in total. The van der Waals surface area contributed by atoms with E-state index in [0.717, 1.165) is 12.3 Å². The molecule has 0 bridgehead atoms. The van der Waals surface area contributed by atoms with Gasteiger partial charge in [-0.2, -0.15) is 0 Å². The Labute approximate surface area is 116 Å². The quantitative estimate of drug-likeness (QED) is 0.807. The summed E-state index contributed by atoms with van der Waals surface area (Å²) in [6.45, 7) is 4.29. The monoisotopic (exact) mass is 263 g/mol. The van der Waals surface area contributed by atoms with Gasteiger partial charge in [0.2, 0.25) is 0 Å². The normalized spacial score (nSPS) is 18.2. The molecule has 1 aromatic carbocycles. The zero-order valence-electron chi connectivity index (χ0n) is 11.6. The number of benzene rings is 1. The van der Waals surface area contributed by atoms with Gasteiger partial charge in [0.15, 0.2) is 0 Å². The largest absolute Gasteiger partial charge is 0.328 e. The summed E-state index contributed by atoms with van der Waals surface area (Å²) in [5.41, 5.74) is 8.63. The zero-order chi connectivity index (χ0) is 13.0. The van der Waals surface area contributed by atoms with Gasteiger partial charge in [0.25, 0.3) is 0 Å². The Morgan fingerprint density at radius 2 is 2.06 bits per heavy atom. The van der Waals surface area contributed by atoms with Crippen LogP contribution in [0.25, 0.3) is 0 Å². The molecule has 0 heterocycles. The molecule has 1 fully saturated rings. The molecule has 1 aliphatic carbocycles. The molecule has 0 amide bonds. The topological polar surface area (TPSA) is 26.0 Å². The van der Waals surface area contributed by atoms with E-state index < -0.39 is 0 Å². The van der Waals surface area contributed by atoms with E-state index in [9.17, 15) is 0 Å². The van der Waals surface area contributed by atoms with Crippen molar-refractivity contribution < 1.29 is 0 Å². The summed E-state index contributed by atoms with van der Waals surface area (Å²) >= 11 is 2.04. The predicted molar refractivity (Wildman–Crippen MR) is 81.2 cm³/mol. The predicted octanol–water partition coefficient (Wildman–Crippen LogP) is 4.17. The minimum absolute atomic E-state index is 0.251. The fraction of sp³-hybridized carbons (Fsp3) is 0.625. The van der Waals surface area contributed by atoms with Gasteiger partial charge in [0.05, 0.1) is 0 Å². The van der Waals surface area contributed by atoms with E-state index in [0.29, 0.717) is 0 Å². The Bertz CT molecular complexity index is 381.